The van der Waals surface area contributed by atoms with Crippen molar-refractivity contribution in [1.29, 1.82) is 0 Å². The van der Waals surface area contributed by atoms with Gasteiger partial charge in [-0.2, -0.15) is 0 Å². The number of nitrogens with one attached hydrogen (secondary N) is 1. The number of rotatable bonds is 5. The SMILES string of the molecule is CCCCS(=O)(=O)Nc1cc(Cl)c(C)c(Cl)c1O. The number of phenolic OH excluding ortho intramolecular Hbond substituents is 1. The lowest BCUT2D eigenvalue weighted by Crippen LogP contribution is -2.16. The van der Waals surface area contributed by atoms with Gasteiger partial charge in [-0.1, -0.05) is 36.5 Å². The van der Waals surface area contributed by atoms with Gasteiger partial charge >= 0.3 is 0 Å². The fourth-order valence-corrected chi connectivity index (χ4v) is 3.05. The Kier molecular flexibility index (Phi) is 5.13. The molecule has 1 rings (SSSR count). The lowest BCUT2D eigenvalue weighted by Gasteiger charge is -2.12. The van der Waals surface area contributed by atoms with Crippen LogP contribution in [0.5, 0.6) is 5.75 Å². The van der Waals surface area contributed by atoms with Crippen molar-refractivity contribution in [2.75, 3.05) is 10.5 Å². The van der Waals surface area contributed by atoms with Gasteiger partial charge in [-0.05, 0) is 25.0 Å². The molecule has 1 aromatic rings. The Labute approximate surface area is 117 Å². The van der Waals surface area contributed by atoms with Crippen molar-refractivity contribution >= 4 is 38.9 Å². The molecule has 102 valence electrons. The second-order valence-electron chi connectivity index (χ2n) is 3.97. The Morgan fingerprint density at radius 3 is 2.56 bits per heavy atom. The van der Waals surface area contributed by atoms with Gasteiger partial charge in [-0.25, -0.2) is 8.42 Å². The standard InChI is InChI=1S/C11H15Cl2NO3S/c1-3-4-5-18(16,17)14-9-6-8(12)7(2)10(13)11(9)15/h6,14-15H,3-5H2,1-2H3. The largest absolute Gasteiger partial charge is 0.504 e. The highest BCUT2D eigenvalue weighted by Gasteiger charge is 2.17. The Balaban J connectivity index is 3.06. The number of anilines is 1. The highest BCUT2D eigenvalue weighted by atomic mass is 35.5. The predicted octanol–water partition coefficient (Wildman–Crippen LogP) is 3.55. The topological polar surface area (TPSA) is 66.4 Å². The quantitative estimate of drug-likeness (QED) is 0.817. The van der Waals surface area contributed by atoms with E-state index >= 15 is 0 Å². The van der Waals surface area contributed by atoms with Gasteiger partial charge in [0.1, 0.15) is 0 Å². The van der Waals surface area contributed by atoms with Crippen molar-refractivity contribution < 1.29 is 13.5 Å². The van der Waals surface area contributed by atoms with E-state index in [0.717, 1.165) is 6.42 Å². The number of aromatic hydroxyl groups is 1. The summed E-state index contributed by atoms with van der Waals surface area (Å²) in [5.74, 6) is -0.315. The molecule has 0 atom stereocenters. The number of halogens is 2. The second kappa shape index (κ2) is 5.99. The molecule has 0 aliphatic carbocycles. The first-order valence-electron chi connectivity index (χ1n) is 5.46. The van der Waals surface area contributed by atoms with Crippen LogP contribution in [-0.4, -0.2) is 19.3 Å². The van der Waals surface area contributed by atoms with Crippen molar-refractivity contribution in [2.45, 2.75) is 26.7 Å². The summed E-state index contributed by atoms with van der Waals surface area (Å²) in [5, 5.41) is 10.1. The molecule has 2 N–H and O–H groups in total. The first-order valence-corrected chi connectivity index (χ1v) is 7.87. The summed E-state index contributed by atoms with van der Waals surface area (Å²) in [7, 11) is -3.49. The summed E-state index contributed by atoms with van der Waals surface area (Å²) >= 11 is 11.7. The predicted molar refractivity (Wildman–Crippen MR) is 75.2 cm³/mol. The van der Waals surface area contributed by atoms with E-state index in [2.05, 4.69) is 4.72 Å². The maximum atomic E-state index is 11.7. The molecular weight excluding hydrogens is 297 g/mol. The zero-order valence-electron chi connectivity index (χ0n) is 10.1. The van der Waals surface area contributed by atoms with E-state index in [-0.39, 0.29) is 22.2 Å². The van der Waals surface area contributed by atoms with Crippen LogP contribution in [-0.2, 0) is 10.0 Å². The van der Waals surface area contributed by atoms with Crippen LogP contribution in [0.4, 0.5) is 5.69 Å². The summed E-state index contributed by atoms with van der Waals surface area (Å²) < 4.78 is 25.7. The maximum absolute atomic E-state index is 11.7. The molecule has 0 aliphatic heterocycles. The molecule has 7 heteroatoms. The Bertz CT molecular complexity index is 544. The first kappa shape index (κ1) is 15.4. The van der Waals surface area contributed by atoms with Gasteiger partial charge in [0.15, 0.2) is 5.75 Å². The van der Waals surface area contributed by atoms with Crippen LogP contribution in [0.2, 0.25) is 10.0 Å². The number of unbranched alkanes of at least 4 members (excludes halogenated alkanes) is 1. The van der Waals surface area contributed by atoms with Gasteiger partial charge in [0.2, 0.25) is 10.0 Å². The lowest BCUT2D eigenvalue weighted by molar-refractivity contribution is 0.477. The van der Waals surface area contributed by atoms with Gasteiger partial charge < -0.3 is 5.11 Å². The lowest BCUT2D eigenvalue weighted by atomic mass is 10.2. The van der Waals surface area contributed by atoms with Crippen molar-refractivity contribution in [1.82, 2.24) is 0 Å². The fourth-order valence-electron chi connectivity index (χ4n) is 1.33. The number of hydrogen-bond acceptors (Lipinski definition) is 3. The normalized spacial score (nSPS) is 11.6. The third kappa shape index (κ3) is 3.67. The first-order chi connectivity index (χ1) is 8.28. The zero-order chi connectivity index (χ0) is 13.9. The van der Waals surface area contributed by atoms with Crippen molar-refractivity contribution in [3.05, 3.63) is 21.7 Å². The van der Waals surface area contributed by atoms with E-state index in [1.54, 1.807) is 6.92 Å². The number of hydrogen-bond donors (Lipinski definition) is 2. The Morgan fingerprint density at radius 1 is 1.39 bits per heavy atom. The highest BCUT2D eigenvalue weighted by Crippen LogP contribution is 2.39. The highest BCUT2D eigenvalue weighted by molar-refractivity contribution is 7.92. The average Bonchev–Trinajstić information content (AvgIpc) is 2.30. The third-order valence-corrected chi connectivity index (χ3v) is 4.67. The molecular formula is C11H15Cl2NO3S. The zero-order valence-corrected chi connectivity index (χ0v) is 12.5. The third-order valence-electron chi connectivity index (χ3n) is 2.45. The summed E-state index contributed by atoms with van der Waals surface area (Å²) in [5.41, 5.74) is 0.513. The van der Waals surface area contributed by atoms with Crippen molar-refractivity contribution in [3.8, 4) is 5.75 Å². The fraction of sp³-hybridized carbons (Fsp3) is 0.455. The summed E-state index contributed by atoms with van der Waals surface area (Å²) in [6.07, 6.45) is 1.31. The molecule has 18 heavy (non-hydrogen) atoms. The minimum atomic E-state index is -3.49. The molecule has 1 aromatic carbocycles. The van der Waals surface area contributed by atoms with Crippen LogP contribution in [0.15, 0.2) is 6.07 Å². The van der Waals surface area contributed by atoms with Gasteiger partial charge in [0, 0.05) is 5.02 Å². The van der Waals surface area contributed by atoms with Crippen LogP contribution in [0.1, 0.15) is 25.3 Å². The molecule has 0 amide bonds. The molecule has 0 saturated carbocycles. The molecule has 0 saturated heterocycles. The van der Waals surface area contributed by atoms with E-state index in [1.165, 1.54) is 6.07 Å². The number of phenols is 1. The van der Waals surface area contributed by atoms with Gasteiger partial charge in [0.05, 0.1) is 16.5 Å². The van der Waals surface area contributed by atoms with Crippen LogP contribution < -0.4 is 4.72 Å². The monoisotopic (exact) mass is 311 g/mol. The molecule has 0 aromatic heterocycles. The summed E-state index contributed by atoms with van der Waals surface area (Å²) in [4.78, 5) is 0. The van der Waals surface area contributed by atoms with E-state index in [0.29, 0.717) is 17.0 Å². The summed E-state index contributed by atoms with van der Waals surface area (Å²) in [6.45, 7) is 3.53. The summed E-state index contributed by atoms with van der Waals surface area (Å²) in [6, 6.07) is 1.35. The van der Waals surface area contributed by atoms with E-state index < -0.39 is 10.0 Å². The molecule has 0 bridgehead atoms. The Hall–Kier alpha value is -0.650. The van der Waals surface area contributed by atoms with Crippen LogP contribution >= 0.6 is 23.2 Å². The van der Waals surface area contributed by atoms with Gasteiger partial charge in [-0.3, -0.25) is 4.72 Å². The van der Waals surface area contributed by atoms with Gasteiger partial charge in [-0.15, -0.1) is 0 Å². The number of sulfonamides is 1. The molecule has 0 spiro atoms. The van der Waals surface area contributed by atoms with E-state index in [1.807, 2.05) is 6.92 Å². The van der Waals surface area contributed by atoms with E-state index in [4.69, 9.17) is 23.2 Å². The average molecular weight is 312 g/mol. The molecule has 4 nitrogen and oxygen atoms in total. The van der Waals surface area contributed by atoms with Gasteiger partial charge in [0.25, 0.3) is 0 Å². The van der Waals surface area contributed by atoms with Crippen LogP contribution in [0.3, 0.4) is 0 Å². The molecule has 0 radical (unpaired) electrons. The molecule has 0 fully saturated rings. The minimum absolute atomic E-state index is 0.00621. The second-order valence-corrected chi connectivity index (χ2v) is 6.60. The maximum Gasteiger partial charge on any atom is 0.232 e. The minimum Gasteiger partial charge on any atom is -0.504 e. The molecule has 0 aliphatic rings. The molecule has 0 unspecified atom stereocenters. The number of benzene rings is 1. The van der Waals surface area contributed by atoms with Crippen molar-refractivity contribution in [2.24, 2.45) is 0 Å². The molecule has 0 heterocycles. The van der Waals surface area contributed by atoms with Crippen LogP contribution in [0.25, 0.3) is 0 Å². The van der Waals surface area contributed by atoms with Crippen molar-refractivity contribution in [3.63, 3.8) is 0 Å². The van der Waals surface area contributed by atoms with Crippen LogP contribution in [0, 0.1) is 6.92 Å². The Morgan fingerprint density at radius 2 is 2.00 bits per heavy atom. The van der Waals surface area contributed by atoms with E-state index in [9.17, 15) is 13.5 Å². The smallest absolute Gasteiger partial charge is 0.232 e.